The highest BCUT2D eigenvalue weighted by Gasteiger charge is 1.98. The maximum atomic E-state index is 5.91. The van der Waals surface area contributed by atoms with Crippen LogP contribution in [0.3, 0.4) is 0 Å². The number of nitrogens with zero attached hydrogens (tertiary/aromatic N) is 2. The van der Waals surface area contributed by atoms with Gasteiger partial charge in [0.25, 0.3) is 0 Å². The Morgan fingerprint density at radius 3 is 3.00 bits per heavy atom. The number of halogens is 1. The van der Waals surface area contributed by atoms with Crippen molar-refractivity contribution in [2.75, 3.05) is 11.9 Å². The van der Waals surface area contributed by atoms with E-state index in [1.54, 1.807) is 0 Å². The van der Waals surface area contributed by atoms with E-state index in [4.69, 9.17) is 23.8 Å². The summed E-state index contributed by atoms with van der Waals surface area (Å²) in [5.41, 5.74) is 2.06. The van der Waals surface area contributed by atoms with Crippen molar-refractivity contribution in [3.63, 3.8) is 0 Å². The number of benzene rings is 1. The smallest absolute Gasteiger partial charge is 0.170 e. The summed E-state index contributed by atoms with van der Waals surface area (Å²) in [5.74, 6) is 0. The van der Waals surface area contributed by atoms with Crippen LogP contribution in [0.25, 0.3) is 0 Å². The molecule has 0 aliphatic heterocycles. The predicted octanol–water partition coefficient (Wildman–Crippen LogP) is 3.22. The number of aryl methyl sites for hydroxylation is 2. The Morgan fingerprint density at radius 2 is 2.30 bits per heavy atom. The second kappa shape index (κ2) is 7.26. The van der Waals surface area contributed by atoms with Gasteiger partial charge < -0.3 is 10.6 Å². The molecular formula is C14H17ClN4S. The van der Waals surface area contributed by atoms with Gasteiger partial charge in [-0.25, -0.2) is 0 Å². The molecule has 1 aromatic carbocycles. The molecule has 1 aromatic heterocycles. The summed E-state index contributed by atoms with van der Waals surface area (Å²) in [6, 6.07) is 7.47. The largest absolute Gasteiger partial charge is 0.362 e. The summed E-state index contributed by atoms with van der Waals surface area (Å²) in [7, 11) is 0. The lowest BCUT2D eigenvalue weighted by molar-refractivity contribution is 0.573. The van der Waals surface area contributed by atoms with Gasteiger partial charge in [-0.05, 0) is 49.3 Å². The first-order valence-corrected chi connectivity index (χ1v) is 7.21. The molecule has 6 heteroatoms. The van der Waals surface area contributed by atoms with E-state index in [0.717, 1.165) is 25.2 Å². The molecule has 0 fully saturated rings. The standard InChI is InChI=1S/C14H17ClN4S/c1-11-9-17-19(10-11)7-3-6-16-14(20)18-13-5-2-4-12(15)8-13/h2,4-5,8-10H,3,6-7H2,1H3,(H2,16,18,20). The molecule has 2 aromatic rings. The molecule has 0 amide bonds. The molecule has 1 heterocycles. The van der Waals surface area contributed by atoms with E-state index in [-0.39, 0.29) is 0 Å². The maximum absolute atomic E-state index is 5.91. The summed E-state index contributed by atoms with van der Waals surface area (Å²) in [6.07, 6.45) is 4.85. The first-order chi connectivity index (χ1) is 9.63. The minimum absolute atomic E-state index is 0.601. The number of hydrogen-bond donors (Lipinski definition) is 2. The molecule has 2 N–H and O–H groups in total. The molecule has 0 aliphatic rings. The molecule has 4 nitrogen and oxygen atoms in total. The lowest BCUT2D eigenvalue weighted by Crippen LogP contribution is -2.29. The highest BCUT2D eigenvalue weighted by Crippen LogP contribution is 2.14. The highest BCUT2D eigenvalue weighted by atomic mass is 35.5. The van der Waals surface area contributed by atoms with Crippen molar-refractivity contribution in [1.82, 2.24) is 15.1 Å². The molecule has 0 radical (unpaired) electrons. The minimum atomic E-state index is 0.601. The molecule has 0 bridgehead atoms. The van der Waals surface area contributed by atoms with Crippen molar-refractivity contribution >= 4 is 34.6 Å². The molecule has 20 heavy (non-hydrogen) atoms. The van der Waals surface area contributed by atoms with Crippen LogP contribution >= 0.6 is 23.8 Å². The quantitative estimate of drug-likeness (QED) is 0.657. The third-order valence-corrected chi connectivity index (χ3v) is 3.18. The van der Waals surface area contributed by atoms with E-state index in [1.807, 2.05) is 48.3 Å². The zero-order valence-corrected chi connectivity index (χ0v) is 12.8. The molecule has 0 atom stereocenters. The Hall–Kier alpha value is -1.59. The van der Waals surface area contributed by atoms with Gasteiger partial charge in [0.2, 0.25) is 0 Å². The van der Waals surface area contributed by atoms with E-state index in [9.17, 15) is 0 Å². The van der Waals surface area contributed by atoms with Crippen molar-refractivity contribution in [1.29, 1.82) is 0 Å². The summed E-state index contributed by atoms with van der Waals surface area (Å²) >= 11 is 11.1. The van der Waals surface area contributed by atoms with E-state index in [1.165, 1.54) is 5.56 Å². The highest BCUT2D eigenvalue weighted by molar-refractivity contribution is 7.80. The van der Waals surface area contributed by atoms with E-state index >= 15 is 0 Å². The van der Waals surface area contributed by atoms with Gasteiger partial charge >= 0.3 is 0 Å². The van der Waals surface area contributed by atoms with Gasteiger partial charge in [-0.15, -0.1) is 0 Å². The lowest BCUT2D eigenvalue weighted by atomic mass is 10.3. The number of hydrogen-bond acceptors (Lipinski definition) is 2. The van der Waals surface area contributed by atoms with E-state index in [0.29, 0.717) is 10.1 Å². The molecule has 0 saturated heterocycles. The Kier molecular flexibility index (Phi) is 5.38. The molecular weight excluding hydrogens is 292 g/mol. The maximum Gasteiger partial charge on any atom is 0.170 e. The molecule has 106 valence electrons. The minimum Gasteiger partial charge on any atom is -0.362 e. The zero-order valence-electron chi connectivity index (χ0n) is 11.3. The van der Waals surface area contributed by atoms with Gasteiger partial charge in [-0.2, -0.15) is 5.10 Å². The normalized spacial score (nSPS) is 10.3. The summed E-state index contributed by atoms with van der Waals surface area (Å²) < 4.78 is 1.93. The third-order valence-electron chi connectivity index (χ3n) is 2.69. The van der Waals surface area contributed by atoms with Crippen molar-refractivity contribution in [2.45, 2.75) is 19.9 Å². The monoisotopic (exact) mass is 308 g/mol. The second-order valence-electron chi connectivity index (χ2n) is 4.53. The van der Waals surface area contributed by atoms with Gasteiger partial charge in [0.15, 0.2) is 5.11 Å². The predicted molar refractivity (Wildman–Crippen MR) is 87.3 cm³/mol. The number of thiocarbonyl (C=S) groups is 1. The zero-order chi connectivity index (χ0) is 14.4. The van der Waals surface area contributed by atoms with Crippen LogP contribution in [-0.2, 0) is 6.54 Å². The van der Waals surface area contributed by atoms with Gasteiger partial charge in [-0.3, -0.25) is 4.68 Å². The fourth-order valence-corrected chi connectivity index (χ4v) is 2.18. The van der Waals surface area contributed by atoms with Crippen molar-refractivity contribution in [3.8, 4) is 0 Å². The van der Waals surface area contributed by atoms with Crippen molar-refractivity contribution in [3.05, 3.63) is 47.2 Å². The van der Waals surface area contributed by atoms with Gasteiger partial charge in [-0.1, -0.05) is 17.7 Å². The Labute approximate surface area is 129 Å². The summed E-state index contributed by atoms with van der Waals surface area (Å²) in [6.45, 7) is 3.71. The first-order valence-electron chi connectivity index (χ1n) is 6.43. The molecule has 0 aliphatic carbocycles. The van der Waals surface area contributed by atoms with Crippen molar-refractivity contribution in [2.24, 2.45) is 0 Å². The Morgan fingerprint density at radius 1 is 1.45 bits per heavy atom. The van der Waals surface area contributed by atoms with E-state index < -0.39 is 0 Å². The molecule has 0 saturated carbocycles. The molecule has 0 spiro atoms. The third kappa shape index (κ3) is 4.83. The summed E-state index contributed by atoms with van der Waals surface area (Å²) in [4.78, 5) is 0. The van der Waals surface area contributed by atoms with Crippen LogP contribution in [0.1, 0.15) is 12.0 Å². The fourth-order valence-electron chi connectivity index (χ4n) is 1.77. The lowest BCUT2D eigenvalue weighted by Gasteiger charge is -2.10. The molecule has 2 rings (SSSR count). The van der Waals surface area contributed by atoms with Gasteiger partial charge in [0.05, 0.1) is 6.20 Å². The SMILES string of the molecule is Cc1cnn(CCCNC(=S)Nc2cccc(Cl)c2)c1. The second-order valence-corrected chi connectivity index (χ2v) is 5.37. The number of aromatic nitrogens is 2. The molecule has 0 unspecified atom stereocenters. The van der Waals surface area contributed by atoms with Crippen LogP contribution < -0.4 is 10.6 Å². The summed E-state index contributed by atoms with van der Waals surface area (Å²) in [5, 5.41) is 11.8. The topological polar surface area (TPSA) is 41.9 Å². The van der Waals surface area contributed by atoms with Gasteiger partial charge in [0, 0.05) is 30.0 Å². The van der Waals surface area contributed by atoms with Crippen LogP contribution in [-0.4, -0.2) is 21.4 Å². The Balaban J connectivity index is 1.67. The van der Waals surface area contributed by atoms with Crippen LogP contribution in [0.4, 0.5) is 5.69 Å². The number of anilines is 1. The van der Waals surface area contributed by atoms with Crippen LogP contribution in [0.15, 0.2) is 36.7 Å². The van der Waals surface area contributed by atoms with E-state index in [2.05, 4.69) is 15.7 Å². The first kappa shape index (κ1) is 14.8. The van der Waals surface area contributed by atoms with Gasteiger partial charge in [0.1, 0.15) is 0 Å². The van der Waals surface area contributed by atoms with Crippen LogP contribution in [0.5, 0.6) is 0 Å². The van der Waals surface area contributed by atoms with Crippen LogP contribution in [0.2, 0.25) is 5.02 Å². The number of rotatable bonds is 5. The van der Waals surface area contributed by atoms with Crippen molar-refractivity contribution < 1.29 is 0 Å². The van der Waals surface area contributed by atoms with Crippen LogP contribution in [0, 0.1) is 6.92 Å². The Bertz CT molecular complexity index is 582. The average molecular weight is 309 g/mol. The fraction of sp³-hybridized carbons (Fsp3) is 0.286. The number of nitrogens with one attached hydrogen (secondary N) is 2. The average Bonchev–Trinajstić information content (AvgIpc) is 2.80.